The minimum absolute atomic E-state index is 0.0995. The van der Waals surface area contributed by atoms with Gasteiger partial charge in [0.25, 0.3) is 11.4 Å². The van der Waals surface area contributed by atoms with Crippen molar-refractivity contribution in [3.63, 3.8) is 0 Å². The number of allylic oxidation sites excluding steroid dienone is 2. The highest BCUT2D eigenvalue weighted by Crippen LogP contribution is 2.48. The molecule has 0 bridgehead atoms. The van der Waals surface area contributed by atoms with E-state index in [0.717, 1.165) is 74.0 Å². The number of nitro groups is 2. The molecule has 0 unspecified atom stereocenters. The first kappa shape index (κ1) is 89.8. The van der Waals surface area contributed by atoms with E-state index in [0.29, 0.717) is 10.0 Å². The summed E-state index contributed by atoms with van der Waals surface area (Å²) in [4.78, 5) is 23.8. The Morgan fingerprint density at radius 3 is 1.20 bits per heavy atom. The summed E-state index contributed by atoms with van der Waals surface area (Å²) < 4.78 is 23.3. The fourth-order valence-corrected chi connectivity index (χ4v) is 19.9. The first-order chi connectivity index (χ1) is 67.5. The van der Waals surface area contributed by atoms with Crippen LogP contribution in [0.15, 0.2) is 470 Å². The summed E-state index contributed by atoms with van der Waals surface area (Å²) in [6.45, 7) is 8.29. The lowest BCUT2D eigenvalue weighted by atomic mass is 9.79. The van der Waals surface area contributed by atoms with Crippen molar-refractivity contribution >= 4 is 155 Å². The molecule has 14 nitrogen and oxygen atoms in total. The normalized spacial score (nSPS) is 13.2. The number of halogens is 2. The summed E-state index contributed by atoms with van der Waals surface area (Å²) in [5.74, 6) is 0. The average Bonchev–Trinajstić information content (AvgIpc) is 1.53. The molecule has 1 aliphatic heterocycles. The third-order valence-corrected chi connectivity index (χ3v) is 27.4. The van der Waals surface area contributed by atoms with E-state index < -0.39 is 4.92 Å². The van der Waals surface area contributed by atoms with Gasteiger partial charge in [0, 0.05) is 100 Å². The summed E-state index contributed by atoms with van der Waals surface area (Å²) >= 11 is 6.74. The lowest BCUT2D eigenvalue weighted by Gasteiger charge is -2.32. The first-order valence-electron chi connectivity index (χ1n) is 46.2. The molecule has 1 fully saturated rings. The molecule has 4 aliphatic rings. The predicted octanol–water partition coefficient (Wildman–Crippen LogP) is 31.3. The molecule has 0 atom stereocenters. The zero-order valence-corrected chi connectivity index (χ0v) is 79.6. The Hall–Kier alpha value is -16.0. The summed E-state index contributed by atoms with van der Waals surface area (Å²) in [5.41, 5.74) is 31.6. The van der Waals surface area contributed by atoms with Crippen molar-refractivity contribution in [2.24, 2.45) is 0 Å². The summed E-state index contributed by atoms with van der Waals surface area (Å²) in [7, 11) is -0.300. The van der Waals surface area contributed by atoms with E-state index in [4.69, 9.17) is 9.31 Å². The van der Waals surface area contributed by atoms with Crippen molar-refractivity contribution < 1.29 is 19.2 Å². The predicted molar refractivity (Wildman–Crippen MR) is 576 cm³/mol. The number of hydrogen-bond acceptors (Lipinski definition) is 7. The van der Waals surface area contributed by atoms with Crippen LogP contribution in [0.4, 0.5) is 22.7 Å². The molecule has 5 aromatic heterocycles. The zero-order valence-electron chi connectivity index (χ0n) is 76.4. The van der Waals surface area contributed by atoms with Crippen LogP contribution in [0.25, 0.3) is 122 Å². The molecule has 0 radical (unpaired) electrons. The SMILES string of the molecule is Brc1ccc2c(c1)c1c3ccccc3n(-c3ccccc3)c1n2-c1ccccc1.CC1(C)OB(c2c[nH]c3ccccc23)OC1(C)C.O=[N+]([O-])c1ccccc1Br.O=[N+]([O-])c1ccccc1C1=CCc2ccccc21.c1ccc(-n2c3ccccc3c3c4ccccc4n(-c4ccccc4)c32)cc1.c1ccc(Nc2ccc(-c3ccccc3)cc2)cc1.c1ccc2c(c1)CC1=C2c2ccccc2C1. The molecular formula is C121H95BBr2N8O6. The van der Waals surface area contributed by atoms with Crippen molar-refractivity contribution in [3.05, 3.63) is 529 Å². The Balaban J connectivity index is 0.000000101. The van der Waals surface area contributed by atoms with Crippen LogP contribution >= 0.6 is 31.9 Å². The number of fused-ring (bicyclic) bond motifs is 16. The van der Waals surface area contributed by atoms with Gasteiger partial charge in [-0.3, -0.25) is 38.5 Å². The van der Waals surface area contributed by atoms with Crippen molar-refractivity contribution in [3.8, 4) is 33.9 Å². The quantitative estimate of drug-likeness (QED) is 0.0743. The maximum Gasteiger partial charge on any atom is 0.497 e. The number of anilines is 2. The fraction of sp³-hybridized carbons (Fsp3) is 0.0744. The maximum absolute atomic E-state index is 11.1. The second-order valence-electron chi connectivity index (χ2n) is 35.2. The highest BCUT2D eigenvalue weighted by atomic mass is 79.9. The Kier molecular flexibility index (Phi) is 25.7. The number of nitrogens with one attached hydrogen (secondary N) is 2. The number of aromatic amines is 1. The molecule has 17 heteroatoms. The number of aromatic nitrogens is 5. The van der Waals surface area contributed by atoms with Gasteiger partial charge in [-0.25, -0.2) is 0 Å². The van der Waals surface area contributed by atoms with Gasteiger partial charge in [0.1, 0.15) is 11.3 Å². The molecule has 0 saturated carbocycles. The van der Waals surface area contributed by atoms with E-state index in [-0.39, 0.29) is 34.6 Å². The van der Waals surface area contributed by atoms with Crippen molar-refractivity contribution in [2.75, 3.05) is 5.32 Å². The Morgan fingerprint density at radius 1 is 0.355 bits per heavy atom. The van der Waals surface area contributed by atoms with Gasteiger partial charge in [-0.15, -0.1) is 0 Å². The summed E-state index contributed by atoms with van der Waals surface area (Å²) in [6.07, 6.45) is 7.19. The van der Waals surface area contributed by atoms with Crippen LogP contribution in [0.3, 0.4) is 0 Å². The van der Waals surface area contributed by atoms with Gasteiger partial charge in [0.2, 0.25) is 0 Å². The number of benzene rings is 17. The topological polar surface area (TPSA) is 152 Å². The second-order valence-corrected chi connectivity index (χ2v) is 37.0. The highest BCUT2D eigenvalue weighted by molar-refractivity contribution is 9.10. The van der Waals surface area contributed by atoms with Gasteiger partial charge in [-0.1, -0.05) is 331 Å². The Morgan fingerprint density at radius 2 is 0.725 bits per heavy atom. The molecule has 6 heterocycles. The van der Waals surface area contributed by atoms with Crippen molar-refractivity contribution in [1.29, 1.82) is 0 Å². The van der Waals surface area contributed by atoms with E-state index in [1.54, 1.807) is 35.9 Å². The van der Waals surface area contributed by atoms with Crippen LogP contribution in [-0.2, 0) is 28.6 Å². The first-order valence-corrected chi connectivity index (χ1v) is 47.8. The highest BCUT2D eigenvalue weighted by Gasteiger charge is 2.52. The Bertz CT molecular complexity index is 8120. The maximum atomic E-state index is 11.1. The Labute approximate surface area is 817 Å². The molecule has 0 spiro atoms. The molecule has 138 heavy (non-hydrogen) atoms. The van der Waals surface area contributed by atoms with E-state index >= 15 is 0 Å². The number of hydrogen-bond donors (Lipinski definition) is 2. The van der Waals surface area contributed by atoms with E-state index in [9.17, 15) is 20.2 Å². The summed E-state index contributed by atoms with van der Waals surface area (Å²) in [5, 5.41) is 33.5. The van der Waals surface area contributed by atoms with Crippen molar-refractivity contribution in [1.82, 2.24) is 23.3 Å². The monoisotopic (exact) mass is 1920 g/mol. The van der Waals surface area contributed by atoms with Crippen LogP contribution in [0.2, 0.25) is 0 Å². The number of H-pyrrole nitrogens is 1. The number of nitrogens with zero attached hydrogens (tertiary/aromatic N) is 6. The number of nitro benzene ring substituents is 2. The largest absolute Gasteiger partial charge is 0.497 e. The van der Waals surface area contributed by atoms with Crippen LogP contribution < -0.4 is 10.8 Å². The molecule has 1 saturated heterocycles. The lowest BCUT2D eigenvalue weighted by Crippen LogP contribution is -2.41. The van der Waals surface area contributed by atoms with E-state index in [1.165, 1.54) is 128 Å². The second kappa shape index (κ2) is 39.5. The van der Waals surface area contributed by atoms with Crippen LogP contribution in [-0.4, -0.2) is 51.4 Å². The molecule has 672 valence electrons. The van der Waals surface area contributed by atoms with Gasteiger partial charge >= 0.3 is 7.12 Å². The third kappa shape index (κ3) is 18.0. The smallest absolute Gasteiger partial charge is 0.399 e. The number of rotatable bonds is 11. The summed E-state index contributed by atoms with van der Waals surface area (Å²) in [6, 6.07) is 151. The van der Waals surface area contributed by atoms with E-state index in [2.05, 4.69) is 434 Å². The fourth-order valence-electron chi connectivity index (χ4n) is 19.2. The van der Waals surface area contributed by atoms with Crippen LogP contribution in [0.5, 0.6) is 0 Å². The van der Waals surface area contributed by atoms with Gasteiger partial charge < -0.3 is 19.6 Å². The average molecular weight is 1930 g/mol. The van der Waals surface area contributed by atoms with Gasteiger partial charge in [-0.2, -0.15) is 0 Å². The standard InChI is InChI=1S/C26H17BrN2.C26H18N2.C18H15N.C16H12.C15H11NO2.C14H18BNO2.C6H4BrNO2/c27-18-15-16-24-22(17-18)25-21-13-7-8-14-23(21)28(19-9-3-1-4-10-19)26(25)29(24)20-11-5-2-6-12-20;1-3-11-19(12-4-1)27-23-17-9-7-15-21(23)25-22-16-8-10-18-24(22)28(26(25)27)20-13-5-2-6-14-20;1-3-7-15(8-4-1)16-11-13-18(14-12-16)19-17-9-5-2-6-10-17;1-3-7-14-11(5-1)9-13-10-12-6-2-4-8-15(12)16(13)14;17-16(18)15-8-4-3-7-14(15)13-10-9-11-5-1-2-6-12(11)13;1-13(2)14(3,4)18-15(17-13)11-9-16-12-8-6-5-7-10(11)12;7-5-3-1-2-4-6(5)8(9)10/h1-17H;1-18H;1-14,19H;1-8H,9-10H2;1-8,10H,9H2;5-9,16H,1-4H3;1-4H. The van der Waals surface area contributed by atoms with Gasteiger partial charge in [0.05, 0.1) is 53.2 Å². The number of para-hydroxylation sites is 11. The van der Waals surface area contributed by atoms with Crippen LogP contribution in [0, 0.1) is 20.2 Å². The van der Waals surface area contributed by atoms with Crippen molar-refractivity contribution in [2.45, 2.75) is 58.2 Å². The van der Waals surface area contributed by atoms with Gasteiger partial charge in [0.15, 0.2) is 0 Å². The molecule has 26 rings (SSSR count). The molecule has 3 aliphatic carbocycles. The molecule has 0 amide bonds. The zero-order chi connectivity index (χ0) is 94.4. The minimum atomic E-state index is -0.427. The third-order valence-electron chi connectivity index (χ3n) is 26.3. The molecule has 2 N–H and O–H groups in total. The minimum Gasteiger partial charge on any atom is -0.399 e. The molecule has 17 aromatic carbocycles. The van der Waals surface area contributed by atoms with Gasteiger partial charge in [-0.05, 0) is 251 Å². The van der Waals surface area contributed by atoms with E-state index in [1.807, 2.05) is 72.9 Å². The molecule has 22 aromatic rings. The molecular weight excluding hydrogens is 1830 g/mol. The van der Waals surface area contributed by atoms with Crippen LogP contribution in [0.1, 0.15) is 66.6 Å². The lowest BCUT2D eigenvalue weighted by molar-refractivity contribution is -0.385.